The van der Waals surface area contributed by atoms with E-state index in [1.807, 2.05) is 13.0 Å². The number of hydrogen-bond acceptors (Lipinski definition) is 5. The summed E-state index contributed by atoms with van der Waals surface area (Å²) in [7, 11) is 0. The highest BCUT2D eigenvalue weighted by molar-refractivity contribution is 5.89. The van der Waals surface area contributed by atoms with Crippen molar-refractivity contribution in [3.63, 3.8) is 0 Å². The van der Waals surface area contributed by atoms with Crippen LogP contribution in [0.4, 0.5) is 0 Å². The highest BCUT2D eigenvalue weighted by Crippen LogP contribution is 2.35. The molecule has 2 aromatic rings. The zero-order chi connectivity index (χ0) is 19.6. The minimum atomic E-state index is -0.893. The van der Waals surface area contributed by atoms with Gasteiger partial charge in [-0.15, -0.1) is 0 Å². The van der Waals surface area contributed by atoms with E-state index >= 15 is 0 Å². The smallest absolute Gasteiger partial charge is 0.339 e. The molecule has 1 aromatic heterocycles. The first-order chi connectivity index (χ1) is 12.9. The van der Waals surface area contributed by atoms with Gasteiger partial charge in [0, 0.05) is 18.5 Å². The summed E-state index contributed by atoms with van der Waals surface area (Å²) in [4.78, 5) is 34.9. The van der Waals surface area contributed by atoms with Gasteiger partial charge >= 0.3 is 11.6 Å². The molecule has 1 heterocycles. The van der Waals surface area contributed by atoms with Gasteiger partial charge in [0.15, 0.2) is 6.10 Å². The van der Waals surface area contributed by atoms with Crippen molar-refractivity contribution in [1.82, 2.24) is 5.32 Å². The lowest BCUT2D eigenvalue weighted by Gasteiger charge is -2.17. The number of rotatable bonds is 7. The van der Waals surface area contributed by atoms with E-state index in [1.54, 1.807) is 13.0 Å². The maximum atomic E-state index is 12.2. The maximum absolute atomic E-state index is 12.2. The SMILES string of the molecule is Cc1cc(O[C@H](C)C(=O)NCCCC(=O)O)c2c3c(c(=O)oc2c1)CCC3. The van der Waals surface area contributed by atoms with Crippen LogP contribution in [0.5, 0.6) is 5.75 Å². The van der Waals surface area contributed by atoms with Gasteiger partial charge in [-0.1, -0.05) is 0 Å². The average molecular weight is 373 g/mol. The fourth-order valence-corrected chi connectivity index (χ4v) is 3.44. The van der Waals surface area contributed by atoms with E-state index in [9.17, 15) is 14.4 Å². The van der Waals surface area contributed by atoms with E-state index in [-0.39, 0.29) is 24.5 Å². The monoisotopic (exact) mass is 373 g/mol. The van der Waals surface area contributed by atoms with Crippen LogP contribution in [0.3, 0.4) is 0 Å². The van der Waals surface area contributed by atoms with Gasteiger partial charge in [0.1, 0.15) is 11.3 Å². The first kappa shape index (κ1) is 18.9. The summed E-state index contributed by atoms with van der Waals surface area (Å²) >= 11 is 0. The second-order valence-corrected chi connectivity index (χ2v) is 6.88. The van der Waals surface area contributed by atoms with Gasteiger partial charge in [-0.05, 0) is 62.8 Å². The van der Waals surface area contributed by atoms with Crippen LogP contribution < -0.4 is 15.7 Å². The Balaban J connectivity index is 1.82. The molecule has 1 aromatic carbocycles. The lowest BCUT2D eigenvalue weighted by atomic mass is 10.0. The standard InChI is InChI=1S/C20H23NO6/c1-11-9-15(26-12(2)19(24)21-8-4-7-17(22)23)18-13-5-3-6-14(13)20(25)27-16(18)10-11/h9-10,12H,3-8H2,1-2H3,(H,21,24)(H,22,23)/t12-/m1/s1. The van der Waals surface area contributed by atoms with Crippen LogP contribution in [0.2, 0.25) is 0 Å². The Morgan fingerprint density at radius 1 is 1.30 bits per heavy atom. The minimum absolute atomic E-state index is 0.00318. The van der Waals surface area contributed by atoms with Crippen molar-refractivity contribution in [2.45, 2.75) is 52.1 Å². The molecular weight excluding hydrogens is 350 g/mol. The van der Waals surface area contributed by atoms with Crippen LogP contribution in [0.15, 0.2) is 21.3 Å². The first-order valence-electron chi connectivity index (χ1n) is 9.12. The molecule has 2 N–H and O–H groups in total. The molecule has 7 heteroatoms. The lowest BCUT2D eigenvalue weighted by Crippen LogP contribution is -2.37. The maximum Gasteiger partial charge on any atom is 0.339 e. The highest BCUT2D eigenvalue weighted by Gasteiger charge is 2.24. The Hall–Kier alpha value is -2.83. The largest absolute Gasteiger partial charge is 0.481 e. The van der Waals surface area contributed by atoms with Gasteiger partial charge in [-0.3, -0.25) is 9.59 Å². The van der Waals surface area contributed by atoms with Crippen LogP contribution in [-0.4, -0.2) is 29.6 Å². The summed E-state index contributed by atoms with van der Waals surface area (Å²) in [6.45, 7) is 3.79. The van der Waals surface area contributed by atoms with Crippen molar-refractivity contribution in [3.8, 4) is 5.75 Å². The van der Waals surface area contributed by atoms with E-state index in [0.29, 0.717) is 29.7 Å². The van der Waals surface area contributed by atoms with Crippen molar-refractivity contribution in [3.05, 3.63) is 39.2 Å². The molecule has 144 valence electrons. The number of ether oxygens (including phenoxy) is 1. The number of carbonyl (C=O) groups excluding carboxylic acids is 1. The number of carboxylic acid groups (broad SMARTS) is 1. The van der Waals surface area contributed by atoms with Crippen molar-refractivity contribution < 1.29 is 23.8 Å². The Kier molecular flexibility index (Phi) is 5.48. The number of aliphatic carboxylic acids is 1. The molecule has 1 aliphatic carbocycles. The van der Waals surface area contributed by atoms with Crippen LogP contribution in [-0.2, 0) is 22.4 Å². The molecular formula is C20H23NO6. The van der Waals surface area contributed by atoms with Gasteiger partial charge in [0.05, 0.1) is 5.39 Å². The molecule has 0 unspecified atom stereocenters. The number of amides is 1. The van der Waals surface area contributed by atoms with E-state index in [1.165, 1.54) is 0 Å². The molecule has 3 rings (SSSR count). The van der Waals surface area contributed by atoms with E-state index in [2.05, 4.69) is 5.32 Å². The molecule has 1 atom stereocenters. The summed E-state index contributed by atoms with van der Waals surface area (Å²) in [5, 5.41) is 12.1. The summed E-state index contributed by atoms with van der Waals surface area (Å²) in [5.74, 6) is -0.681. The van der Waals surface area contributed by atoms with Gasteiger partial charge in [-0.2, -0.15) is 0 Å². The van der Waals surface area contributed by atoms with Crippen molar-refractivity contribution in [1.29, 1.82) is 0 Å². The number of carbonyl (C=O) groups is 2. The molecule has 0 saturated carbocycles. The highest BCUT2D eigenvalue weighted by atomic mass is 16.5. The summed E-state index contributed by atoms with van der Waals surface area (Å²) in [6, 6.07) is 3.65. The van der Waals surface area contributed by atoms with E-state index in [0.717, 1.165) is 29.4 Å². The van der Waals surface area contributed by atoms with Crippen molar-refractivity contribution in [2.24, 2.45) is 0 Å². The fourth-order valence-electron chi connectivity index (χ4n) is 3.44. The quantitative estimate of drug-likeness (QED) is 0.570. The number of carboxylic acids is 1. The Labute approximate surface area is 156 Å². The number of nitrogens with one attached hydrogen (secondary N) is 1. The Morgan fingerprint density at radius 2 is 2.04 bits per heavy atom. The van der Waals surface area contributed by atoms with Crippen molar-refractivity contribution in [2.75, 3.05) is 6.54 Å². The average Bonchev–Trinajstić information content (AvgIpc) is 3.08. The van der Waals surface area contributed by atoms with E-state index in [4.69, 9.17) is 14.3 Å². The molecule has 7 nitrogen and oxygen atoms in total. The van der Waals surface area contributed by atoms with Crippen LogP contribution in [0, 0.1) is 6.92 Å². The molecule has 0 radical (unpaired) electrons. The predicted molar refractivity (Wildman–Crippen MR) is 99.2 cm³/mol. The third-order valence-corrected chi connectivity index (χ3v) is 4.72. The third-order valence-electron chi connectivity index (χ3n) is 4.72. The Morgan fingerprint density at radius 3 is 2.78 bits per heavy atom. The van der Waals surface area contributed by atoms with Gasteiger partial charge in [-0.25, -0.2) is 4.79 Å². The number of fused-ring (bicyclic) bond motifs is 3. The number of hydrogen-bond donors (Lipinski definition) is 2. The van der Waals surface area contributed by atoms with E-state index < -0.39 is 12.1 Å². The summed E-state index contributed by atoms with van der Waals surface area (Å²) in [6.07, 6.45) is 1.98. The zero-order valence-corrected chi connectivity index (χ0v) is 15.5. The zero-order valence-electron chi connectivity index (χ0n) is 15.5. The molecule has 0 bridgehead atoms. The lowest BCUT2D eigenvalue weighted by molar-refractivity contribution is -0.137. The number of aryl methyl sites for hydroxylation is 2. The molecule has 0 saturated heterocycles. The van der Waals surface area contributed by atoms with Gasteiger partial charge in [0.2, 0.25) is 0 Å². The van der Waals surface area contributed by atoms with Gasteiger partial charge in [0.25, 0.3) is 5.91 Å². The van der Waals surface area contributed by atoms with Crippen molar-refractivity contribution >= 4 is 22.8 Å². The second kappa shape index (κ2) is 7.82. The van der Waals surface area contributed by atoms with Crippen LogP contribution >= 0.6 is 0 Å². The Bertz CT molecular complexity index is 946. The molecule has 0 fully saturated rings. The van der Waals surface area contributed by atoms with Gasteiger partial charge < -0.3 is 19.6 Å². The molecule has 0 aliphatic heterocycles. The number of benzene rings is 1. The summed E-state index contributed by atoms with van der Waals surface area (Å²) < 4.78 is 11.4. The molecule has 0 spiro atoms. The van der Waals surface area contributed by atoms with Crippen LogP contribution in [0.25, 0.3) is 11.0 Å². The first-order valence-corrected chi connectivity index (χ1v) is 9.12. The van der Waals surface area contributed by atoms with Crippen LogP contribution in [0.1, 0.15) is 42.9 Å². The third kappa shape index (κ3) is 4.13. The topological polar surface area (TPSA) is 106 Å². The molecule has 1 amide bonds. The fraction of sp³-hybridized carbons (Fsp3) is 0.450. The summed E-state index contributed by atoms with van der Waals surface area (Å²) in [5.41, 5.74) is 2.69. The normalized spacial score (nSPS) is 14.0. The predicted octanol–water partition coefficient (Wildman–Crippen LogP) is 2.34. The molecule has 1 aliphatic rings. The second-order valence-electron chi connectivity index (χ2n) is 6.88. The molecule has 27 heavy (non-hydrogen) atoms. The minimum Gasteiger partial charge on any atom is -0.481 e.